The molecule has 2 aromatic carbocycles. The van der Waals surface area contributed by atoms with Gasteiger partial charge < -0.3 is 0 Å². The van der Waals surface area contributed by atoms with Crippen LogP contribution in [0, 0.1) is 13.8 Å². The molecule has 1 N–H and O–H groups in total. The molecular weight excluding hydrogens is 440 g/mol. The smallest absolute Gasteiger partial charge is 0.294 e. The van der Waals surface area contributed by atoms with Crippen LogP contribution in [-0.2, 0) is 16.0 Å². The number of aryl methyl sites for hydroxylation is 3. The number of hydrogen-bond acceptors (Lipinski definition) is 3. The fraction of sp³-hybridized carbons (Fsp3) is 0.143. The van der Waals surface area contributed by atoms with Crippen molar-refractivity contribution in [2.75, 3.05) is 4.90 Å². The van der Waals surface area contributed by atoms with Gasteiger partial charge in [0.1, 0.15) is 5.57 Å². The van der Waals surface area contributed by atoms with Gasteiger partial charge in [-0.1, -0.05) is 43.3 Å². The van der Waals surface area contributed by atoms with E-state index in [-0.39, 0.29) is 22.4 Å². The van der Waals surface area contributed by atoms with E-state index >= 15 is 0 Å². The molecule has 7 nitrogen and oxygen atoms in total. The lowest BCUT2D eigenvalue weighted by Crippen LogP contribution is -2.40. The van der Waals surface area contributed by atoms with Crippen molar-refractivity contribution >= 4 is 28.8 Å². The van der Waals surface area contributed by atoms with E-state index in [1.807, 2.05) is 69.4 Å². The number of nitrogens with one attached hydrogen (secondary N) is 1. The van der Waals surface area contributed by atoms with Crippen LogP contribution in [0.5, 0.6) is 0 Å². The number of H-pyrrole nitrogens is 1. The van der Waals surface area contributed by atoms with Gasteiger partial charge in [-0.25, -0.2) is 9.58 Å². The summed E-state index contributed by atoms with van der Waals surface area (Å²) >= 11 is 0. The van der Waals surface area contributed by atoms with Crippen molar-refractivity contribution in [3.63, 3.8) is 0 Å². The molecule has 174 valence electrons. The van der Waals surface area contributed by atoms with Crippen LogP contribution < -0.4 is 15.0 Å². The molecule has 5 rings (SSSR count). The van der Waals surface area contributed by atoms with Gasteiger partial charge in [0, 0.05) is 17.3 Å². The number of carbonyl (C=O) groups is 2. The summed E-state index contributed by atoms with van der Waals surface area (Å²) in [4.78, 5) is 42.6. The SMILES string of the molecule is CCc1[nH]n(-c2ccccc2)c(=O)c1C1=C([n+]2ccc(C)c(C)c2)C(=O)N(c2ccccc2)C1=O. The van der Waals surface area contributed by atoms with Gasteiger partial charge in [0.2, 0.25) is 0 Å². The predicted octanol–water partition coefficient (Wildman–Crippen LogP) is 3.57. The Balaban J connectivity index is 1.80. The molecule has 0 saturated heterocycles. The lowest BCUT2D eigenvalue weighted by atomic mass is 10.0. The summed E-state index contributed by atoms with van der Waals surface area (Å²) in [5, 5.41) is 3.15. The van der Waals surface area contributed by atoms with Crippen molar-refractivity contribution in [1.29, 1.82) is 0 Å². The first-order valence-corrected chi connectivity index (χ1v) is 11.5. The molecule has 0 fully saturated rings. The lowest BCUT2D eigenvalue weighted by molar-refractivity contribution is -0.577. The number of nitrogens with zero attached hydrogens (tertiary/aromatic N) is 3. The fourth-order valence-corrected chi connectivity index (χ4v) is 4.37. The lowest BCUT2D eigenvalue weighted by Gasteiger charge is -2.13. The van der Waals surface area contributed by atoms with Gasteiger partial charge in [-0.2, -0.15) is 4.57 Å². The fourth-order valence-electron chi connectivity index (χ4n) is 4.37. The average molecular weight is 466 g/mol. The summed E-state index contributed by atoms with van der Waals surface area (Å²) in [5.41, 5.74) is 3.81. The summed E-state index contributed by atoms with van der Waals surface area (Å²) in [6, 6.07) is 19.8. The molecule has 2 aromatic heterocycles. The molecule has 0 unspecified atom stereocenters. The zero-order chi connectivity index (χ0) is 24.7. The largest absolute Gasteiger partial charge is 0.331 e. The summed E-state index contributed by atoms with van der Waals surface area (Å²) in [7, 11) is 0. The Labute approximate surface area is 202 Å². The summed E-state index contributed by atoms with van der Waals surface area (Å²) in [6.45, 7) is 5.83. The van der Waals surface area contributed by atoms with E-state index in [4.69, 9.17) is 0 Å². The van der Waals surface area contributed by atoms with E-state index in [0.29, 0.717) is 23.5 Å². The van der Waals surface area contributed by atoms with Crippen LogP contribution in [0.4, 0.5) is 5.69 Å². The highest BCUT2D eigenvalue weighted by Crippen LogP contribution is 2.33. The van der Waals surface area contributed by atoms with Crippen molar-refractivity contribution in [3.8, 4) is 5.69 Å². The number of aromatic amines is 1. The van der Waals surface area contributed by atoms with Crippen molar-refractivity contribution in [1.82, 2.24) is 9.78 Å². The number of benzene rings is 2. The molecule has 0 radical (unpaired) electrons. The number of anilines is 1. The van der Waals surface area contributed by atoms with Crippen molar-refractivity contribution in [3.05, 3.63) is 112 Å². The average Bonchev–Trinajstić information content (AvgIpc) is 3.33. The third-order valence-electron chi connectivity index (χ3n) is 6.36. The number of pyridine rings is 1. The minimum Gasteiger partial charge on any atom is -0.294 e. The van der Waals surface area contributed by atoms with E-state index in [2.05, 4.69) is 5.10 Å². The maximum atomic E-state index is 13.9. The van der Waals surface area contributed by atoms with Gasteiger partial charge in [-0.3, -0.25) is 19.5 Å². The highest BCUT2D eigenvalue weighted by Gasteiger charge is 2.48. The molecule has 7 heteroatoms. The standard InChI is InChI=1S/C28H24N4O3/c1-4-22-23(27(34)32(29-22)21-13-9-6-10-14-21)24-25(30-16-15-18(2)19(3)17-30)28(35)31(26(24)33)20-11-7-5-8-12-20/h5-17H,4H2,1-3H3/p+1. The number of aromatic nitrogens is 3. The predicted molar refractivity (Wildman–Crippen MR) is 134 cm³/mol. The number of rotatable bonds is 5. The van der Waals surface area contributed by atoms with E-state index in [1.165, 1.54) is 4.68 Å². The molecule has 3 heterocycles. The Morgan fingerprint density at radius 2 is 1.43 bits per heavy atom. The molecule has 35 heavy (non-hydrogen) atoms. The number of hydrogen-bond donors (Lipinski definition) is 1. The van der Waals surface area contributed by atoms with Crippen LogP contribution in [0.3, 0.4) is 0 Å². The van der Waals surface area contributed by atoms with Crippen molar-refractivity contribution in [2.45, 2.75) is 27.2 Å². The Kier molecular flexibility index (Phi) is 5.53. The minimum absolute atomic E-state index is 0.0971. The number of para-hydroxylation sites is 2. The quantitative estimate of drug-likeness (QED) is 0.362. The van der Waals surface area contributed by atoms with Gasteiger partial charge in [0.15, 0.2) is 12.4 Å². The molecular formula is C28H25N4O3+. The van der Waals surface area contributed by atoms with Gasteiger partial charge in [-0.05, 0) is 50.1 Å². The van der Waals surface area contributed by atoms with Crippen LogP contribution in [0.15, 0.2) is 83.9 Å². The zero-order valence-electron chi connectivity index (χ0n) is 19.8. The second-order valence-corrected chi connectivity index (χ2v) is 8.52. The van der Waals surface area contributed by atoms with Crippen molar-refractivity contribution < 1.29 is 14.2 Å². The highest BCUT2D eigenvalue weighted by atomic mass is 16.2. The minimum atomic E-state index is -0.520. The first kappa shape index (κ1) is 22.3. The second-order valence-electron chi connectivity index (χ2n) is 8.52. The highest BCUT2D eigenvalue weighted by molar-refractivity contribution is 6.53. The van der Waals surface area contributed by atoms with Gasteiger partial charge >= 0.3 is 5.91 Å². The van der Waals surface area contributed by atoms with Gasteiger partial charge in [-0.15, -0.1) is 0 Å². The third kappa shape index (κ3) is 3.61. The summed E-state index contributed by atoms with van der Waals surface area (Å²) in [5.74, 6) is -0.994. The van der Waals surface area contributed by atoms with E-state index in [0.717, 1.165) is 16.0 Å². The Hall–Kier alpha value is -4.52. The second kappa shape index (κ2) is 8.68. The summed E-state index contributed by atoms with van der Waals surface area (Å²) < 4.78 is 3.08. The molecule has 0 aliphatic carbocycles. The molecule has 0 spiro atoms. The molecule has 1 aliphatic heterocycles. The first-order chi connectivity index (χ1) is 16.9. The van der Waals surface area contributed by atoms with E-state index in [9.17, 15) is 14.4 Å². The number of imide groups is 1. The van der Waals surface area contributed by atoms with Crippen LogP contribution >= 0.6 is 0 Å². The monoisotopic (exact) mass is 465 g/mol. The Morgan fingerprint density at radius 1 is 0.800 bits per heavy atom. The number of amides is 2. The van der Waals surface area contributed by atoms with E-state index in [1.54, 1.807) is 35.0 Å². The zero-order valence-corrected chi connectivity index (χ0v) is 19.8. The van der Waals surface area contributed by atoms with Crippen LogP contribution in [0.25, 0.3) is 17.0 Å². The molecule has 0 bridgehead atoms. The van der Waals surface area contributed by atoms with Crippen LogP contribution in [0.2, 0.25) is 0 Å². The Bertz CT molecular complexity index is 1550. The first-order valence-electron chi connectivity index (χ1n) is 11.5. The topological polar surface area (TPSA) is 79.1 Å². The molecule has 0 atom stereocenters. The molecule has 2 amide bonds. The van der Waals surface area contributed by atoms with Crippen LogP contribution in [0.1, 0.15) is 29.3 Å². The van der Waals surface area contributed by atoms with Crippen LogP contribution in [-0.4, -0.2) is 21.6 Å². The van der Waals surface area contributed by atoms with Gasteiger partial charge in [0.05, 0.1) is 16.9 Å². The molecule has 4 aromatic rings. The summed E-state index contributed by atoms with van der Waals surface area (Å²) in [6.07, 6.45) is 4.05. The third-order valence-corrected chi connectivity index (χ3v) is 6.36. The Morgan fingerprint density at radius 3 is 2.03 bits per heavy atom. The molecule has 0 saturated carbocycles. The maximum Gasteiger partial charge on any atom is 0.331 e. The van der Waals surface area contributed by atoms with Gasteiger partial charge in [0.25, 0.3) is 17.2 Å². The van der Waals surface area contributed by atoms with E-state index < -0.39 is 11.8 Å². The molecule has 1 aliphatic rings. The van der Waals surface area contributed by atoms with Crippen molar-refractivity contribution in [2.24, 2.45) is 0 Å². The number of carbonyl (C=O) groups excluding carboxylic acids is 2. The maximum absolute atomic E-state index is 13.9. The normalized spacial score (nSPS) is 13.7.